The van der Waals surface area contributed by atoms with E-state index in [-0.39, 0.29) is 23.4 Å². The van der Waals surface area contributed by atoms with E-state index in [2.05, 4.69) is 15.5 Å². The van der Waals surface area contributed by atoms with Gasteiger partial charge in [0.2, 0.25) is 5.91 Å². The lowest BCUT2D eigenvalue weighted by Gasteiger charge is -2.09. The van der Waals surface area contributed by atoms with E-state index in [0.717, 1.165) is 15.8 Å². The number of nitrogens with one attached hydrogen (secondary N) is 1. The highest BCUT2D eigenvalue weighted by Crippen LogP contribution is 2.16. The van der Waals surface area contributed by atoms with Crippen LogP contribution in [0.5, 0.6) is 0 Å². The van der Waals surface area contributed by atoms with Crippen molar-refractivity contribution in [3.05, 3.63) is 50.1 Å². The van der Waals surface area contributed by atoms with Crippen molar-refractivity contribution in [1.82, 2.24) is 19.3 Å². The van der Waals surface area contributed by atoms with Gasteiger partial charge in [0, 0.05) is 26.1 Å². The van der Waals surface area contributed by atoms with Crippen LogP contribution < -0.4 is 16.6 Å². The van der Waals surface area contributed by atoms with Crippen molar-refractivity contribution in [3.63, 3.8) is 0 Å². The Morgan fingerprint density at radius 2 is 1.96 bits per heavy atom. The number of fused-ring (bicyclic) bond motifs is 1. The van der Waals surface area contributed by atoms with Crippen LogP contribution in [0.25, 0.3) is 11.0 Å². The minimum Gasteiger partial charge on any atom is -0.361 e. The summed E-state index contributed by atoms with van der Waals surface area (Å²) in [7, 11) is 2.94. The van der Waals surface area contributed by atoms with Gasteiger partial charge >= 0.3 is 5.69 Å². The maximum atomic E-state index is 12.3. The van der Waals surface area contributed by atoms with Gasteiger partial charge < -0.3 is 9.84 Å². The van der Waals surface area contributed by atoms with Gasteiger partial charge in [-0.1, -0.05) is 5.16 Å². The average Bonchev–Trinajstić information content (AvgIpc) is 2.94. The summed E-state index contributed by atoms with van der Waals surface area (Å²) in [5.41, 5.74) is 1.45. The van der Waals surface area contributed by atoms with Crippen molar-refractivity contribution < 1.29 is 9.32 Å². The molecule has 0 saturated heterocycles. The molecule has 0 aromatic carbocycles. The van der Waals surface area contributed by atoms with Crippen molar-refractivity contribution in [1.29, 1.82) is 0 Å². The van der Waals surface area contributed by atoms with Crippen LogP contribution >= 0.6 is 0 Å². The Hall–Kier alpha value is -3.23. The normalized spacial score (nSPS) is 11.1. The van der Waals surface area contributed by atoms with E-state index in [1.807, 2.05) is 6.92 Å². The Labute approximate surface area is 148 Å². The average molecular weight is 357 g/mol. The summed E-state index contributed by atoms with van der Waals surface area (Å²) in [6, 6.07) is 1.53. The van der Waals surface area contributed by atoms with Crippen molar-refractivity contribution >= 4 is 22.6 Å². The van der Waals surface area contributed by atoms with Crippen molar-refractivity contribution in [2.24, 2.45) is 14.1 Å². The van der Waals surface area contributed by atoms with E-state index in [9.17, 15) is 14.4 Å². The van der Waals surface area contributed by atoms with E-state index in [0.29, 0.717) is 17.9 Å². The molecule has 136 valence electrons. The highest BCUT2D eigenvalue weighted by molar-refractivity contribution is 5.92. The summed E-state index contributed by atoms with van der Waals surface area (Å²) in [5, 5.41) is 6.85. The number of hydrogen-bond donors (Lipinski definition) is 1. The standard InChI is InChI=1S/C17H19N5O4/c1-9-12(10(2)26-20-9)5-6-14(23)19-11-7-13-15(18-8-11)21(3)17(25)22(4)16(13)24/h7-8H,5-6H2,1-4H3,(H,19,23). The lowest BCUT2D eigenvalue weighted by atomic mass is 10.1. The summed E-state index contributed by atoms with van der Waals surface area (Å²) in [4.78, 5) is 40.6. The molecule has 3 aromatic heterocycles. The van der Waals surface area contributed by atoms with E-state index in [1.54, 1.807) is 14.0 Å². The molecule has 0 saturated carbocycles. The molecular formula is C17H19N5O4. The molecule has 3 rings (SSSR count). The molecule has 1 N–H and O–H groups in total. The summed E-state index contributed by atoms with van der Waals surface area (Å²) in [6.07, 6.45) is 2.17. The van der Waals surface area contributed by atoms with E-state index in [4.69, 9.17) is 4.52 Å². The molecule has 9 nitrogen and oxygen atoms in total. The molecule has 26 heavy (non-hydrogen) atoms. The number of aromatic nitrogens is 4. The molecule has 0 aliphatic carbocycles. The molecule has 0 aliphatic rings. The number of carbonyl (C=O) groups is 1. The smallest absolute Gasteiger partial charge is 0.332 e. The molecule has 0 unspecified atom stereocenters. The van der Waals surface area contributed by atoms with Crippen LogP contribution in [0.15, 0.2) is 26.4 Å². The number of amides is 1. The molecular weight excluding hydrogens is 338 g/mol. The van der Waals surface area contributed by atoms with Gasteiger partial charge in [-0.05, 0) is 26.3 Å². The minimum atomic E-state index is -0.456. The van der Waals surface area contributed by atoms with Gasteiger partial charge in [0.1, 0.15) is 11.4 Å². The largest absolute Gasteiger partial charge is 0.361 e. The quantitative estimate of drug-likeness (QED) is 0.739. The zero-order chi connectivity index (χ0) is 19.0. The first kappa shape index (κ1) is 17.6. The molecule has 0 bridgehead atoms. The van der Waals surface area contributed by atoms with Gasteiger partial charge in [-0.2, -0.15) is 0 Å². The van der Waals surface area contributed by atoms with Gasteiger partial charge in [0.25, 0.3) is 5.56 Å². The van der Waals surface area contributed by atoms with Gasteiger partial charge in [0.15, 0.2) is 0 Å². The molecule has 0 aliphatic heterocycles. The number of hydrogen-bond acceptors (Lipinski definition) is 6. The fourth-order valence-corrected chi connectivity index (χ4v) is 2.85. The Kier molecular flexibility index (Phi) is 4.45. The van der Waals surface area contributed by atoms with Crippen LogP contribution in [0, 0.1) is 13.8 Å². The van der Waals surface area contributed by atoms with Gasteiger partial charge in [-0.15, -0.1) is 0 Å². The van der Waals surface area contributed by atoms with E-state index >= 15 is 0 Å². The second-order valence-corrected chi connectivity index (χ2v) is 6.15. The summed E-state index contributed by atoms with van der Waals surface area (Å²) < 4.78 is 7.38. The maximum absolute atomic E-state index is 12.3. The Bertz CT molecular complexity index is 1100. The number of pyridine rings is 1. The number of anilines is 1. The molecule has 9 heteroatoms. The first-order valence-corrected chi connectivity index (χ1v) is 8.07. The second-order valence-electron chi connectivity index (χ2n) is 6.15. The van der Waals surface area contributed by atoms with Crippen LogP contribution in [-0.2, 0) is 25.3 Å². The van der Waals surface area contributed by atoms with Crippen molar-refractivity contribution in [2.45, 2.75) is 26.7 Å². The zero-order valence-corrected chi connectivity index (χ0v) is 15.0. The molecule has 0 fully saturated rings. The number of carbonyl (C=O) groups excluding carboxylic acids is 1. The predicted molar refractivity (Wildman–Crippen MR) is 95.2 cm³/mol. The maximum Gasteiger partial charge on any atom is 0.332 e. The van der Waals surface area contributed by atoms with Crippen LogP contribution in [0.4, 0.5) is 5.69 Å². The monoisotopic (exact) mass is 357 g/mol. The van der Waals surface area contributed by atoms with E-state index < -0.39 is 11.2 Å². The topological polar surface area (TPSA) is 112 Å². The Balaban J connectivity index is 1.82. The minimum absolute atomic E-state index is 0.215. The Morgan fingerprint density at radius 3 is 2.62 bits per heavy atom. The SMILES string of the molecule is Cc1noc(C)c1CCC(=O)Nc1cnc2c(c1)c(=O)n(C)c(=O)n2C. The number of nitrogens with zero attached hydrogens (tertiary/aromatic N) is 4. The molecule has 0 spiro atoms. The summed E-state index contributed by atoms with van der Waals surface area (Å²) in [5.74, 6) is 0.486. The second kappa shape index (κ2) is 6.58. The third-order valence-electron chi connectivity index (χ3n) is 4.36. The Morgan fingerprint density at radius 1 is 1.23 bits per heavy atom. The molecule has 0 atom stereocenters. The van der Waals surface area contributed by atoms with Crippen LogP contribution in [0.3, 0.4) is 0 Å². The van der Waals surface area contributed by atoms with E-state index in [1.165, 1.54) is 23.9 Å². The highest BCUT2D eigenvalue weighted by atomic mass is 16.5. The summed E-state index contributed by atoms with van der Waals surface area (Å²) in [6.45, 7) is 3.64. The molecule has 0 radical (unpaired) electrons. The lowest BCUT2D eigenvalue weighted by Crippen LogP contribution is -2.37. The van der Waals surface area contributed by atoms with Crippen LogP contribution in [0.1, 0.15) is 23.4 Å². The zero-order valence-electron chi connectivity index (χ0n) is 15.0. The van der Waals surface area contributed by atoms with Crippen LogP contribution in [0.2, 0.25) is 0 Å². The van der Waals surface area contributed by atoms with Crippen molar-refractivity contribution in [2.75, 3.05) is 5.32 Å². The molecule has 3 heterocycles. The first-order chi connectivity index (χ1) is 12.3. The highest BCUT2D eigenvalue weighted by Gasteiger charge is 2.13. The molecule has 3 aromatic rings. The van der Waals surface area contributed by atoms with Gasteiger partial charge in [0.05, 0.1) is 23.0 Å². The first-order valence-electron chi connectivity index (χ1n) is 8.07. The summed E-state index contributed by atoms with van der Waals surface area (Å²) >= 11 is 0. The molecule has 1 amide bonds. The van der Waals surface area contributed by atoms with Gasteiger partial charge in [-0.25, -0.2) is 9.78 Å². The fraction of sp³-hybridized carbons (Fsp3) is 0.353. The lowest BCUT2D eigenvalue weighted by molar-refractivity contribution is -0.116. The van der Waals surface area contributed by atoms with Gasteiger partial charge in [-0.3, -0.25) is 18.7 Å². The number of aryl methyl sites for hydroxylation is 3. The third kappa shape index (κ3) is 3.03. The van der Waals surface area contributed by atoms with Crippen molar-refractivity contribution in [3.8, 4) is 0 Å². The number of rotatable bonds is 4. The predicted octanol–water partition coefficient (Wildman–Crippen LogP) is 0.808. The fourth-order valence-electron chi connectivity index (χ4n) is 2.85. The third-order valence-corrected chi connectivity index (χ3v) is 4.36. The van der Waals surface area contributed by atoms with Crippen LogP contribution in [-0.4, -0.2) is 25.2 Å².